The summed E-state index contributed by atoms with van der Waals surface area (Å²) >= 11 is 1.49. The van der Waals surface area contributed by atoms with E-state index in [0.717, 1.165) is 40.5 Å². The second kappa shape index (κ2) is 8.85. The van der Waals surface area contributed by atoms with Gasteiger partial charge in [-0.2, -0.15) is 0 Å². The third-order valence-electron chi connectivity index (χ3n) is 5.24. The van der Waals surface area contributed by atoms with Gasteiger partial charge in [0.2, 0.25) is 0 Å². The average molecular weight is 424 g/mol. The summed E-state index contributed by atoms with van der Waals surface area (Å²) in [7, 11) is 0. The zero-order valence-corrected chi connectivity index (χ0v) is 18.0. The fourth-order valence-corrected chi connectivity index (χ4v) is 4.82. The number of thiophene rings is 1. The van der Waals surface area contributed by atoms with Crippen LogP contribution in [0, 0.1) is 13.8 Å². The number of H-pyrrole nitrogens is 1. The molecule has 4 rings (SSSR count). The van der Waals surface area contributed by atoms with Crippen LogP contribution in [-0.4, -0.2) is 37.2 Å². The van der Waals surface area contributed by atoms with Gasteiger partial charge in [0.1, 0.15) is 0 Å². The molecule has 1 aliphatic heterocycles. The van der Waals surface area contributed by atoms with Crippen LogP contribution in [0.3, 0.4) is 0 Å². The summed E-state index contributed by atoms with van der Waals surface area (Å²) in [5.41, 5.74) is 4.26. The molecule has 1 aromatic carbocycles. The Bertz CT molecular complexity index is 1100. The molecule has 1 fully saturated rings. The summed E-state index contributed by atoms with van der Waals surface area (Å²) in [6.07, 6.45) is 0. The molecule has 2 aromatic heterocycles. The van der Waals surface area contributed by atoms with Crippen LogP contribution in [-0.2, 0) is 11.3 Å². The molecule has 0 aliphatic carbocycles. The summed E-state index contributed by atoms with van der Waals surface area (Å²) in [6, 6.07) is 14.0. The number of ether oxygens (including phenoxy) is 1. The van der Waals surface area contributed by atoms with Gasteiger partial charge in [-0.15, -0.1) is 11.3 Å². The molecular formula is C23H25N3O3S. The van der Waals surface area contributed by atoms with Crippen LogP contribution in [0.25, 0.3) is 11.1 Å². The number of pyridine rings is 1. The quantitative estimate of drug-likeness (QED) is 0.659. The lowest BCUT2D eigenvalue weighted by molar-refractivity contribution is 0.0955. The highest BCUT2D eigenvalue weighted by molar-refractivity contribution is 7.18. The molecule has 3 heterocycles. The number of aromatic amines is 1. The largest absolute Gasteiger partial charge is 0.378 e. The van der Waals surface area contributed by atoms with Gasteiger partial charge in [-0.05, 0) is 37.1 Å². The number of aromatic nitrogens is 1. The number of aryl methyl sites for hydroxylation is 2. The second-order valence-electron chi connectivity index (χ2n) is 7.42. The van der Waals surface area contributed by atoms with Crippen molar-refractivity contribution in [2.45, 2.75) is 20.4 Å². The molecular weight excluding hydrogens is 398 g/mol. The van der Waals surface area contributed by atoms with Gasteiger partial charge in [-0.3, -0.25) is 9.59 Å². The predicted octanol–water partition coefficient (Wildman–Crippen LogP) is 3.49. The topological polar surface area (TPSA) is 74.4 Å². The van der Waals surface area contributed by atoms with E-state index in [1.807, 2.05) is 44.2 Å². The smallest absolute Gasteiger partial charge is 0.261 e. The Morgan fingerprint density at radius 2 is 1.90 bits per heavy atom. The first-order chi connectivity index (χ1) is 14.5. The maximum absolute atomic E-state index is 12.9. The molecule has 6 nitrogen and oxygen atoms in total. The number of anilines is 1. The van der Waals surface area contributed by atoms with Crippen molar-refractivity contribution in [3.63, 3.8) is 0 Å². The van der Waals surface area contributed by atoms with Crippen molar-refractivity contribution < 1.29 is 9.53 Å². The van der Waals surface area contributed by atoms with Crippen LogP contribution < -0.4 is 15.8 Å². The molecule has 30 heavy (non-hydrogen) atoms. The first-order valence-corrected chi connectivity index (χ1v) is 10.8. The highest BCUT2D eigenvalue weighted by atomic mass is 32.1. The van der Waals surface area contributed by atoms with Gasteiger partial charge in [0, 0.05) is 36.5 Å². The number of carbonyl (C=O) groups is 1. The highest BCUT2D eigenvalue weighted by Crippen LogP contribution is 2.39. The van der Waals surface area contributed by atoms with Gasteiger partial charge in [-0.25, -0.2) is 0 Å². The third kappa shape index (κ3) is 4.32. The van der Waals surface area contributed by atoms with Crippen LogP contribution >= 0.6 is 11.3 Å². The van der Waals surface area contributed by atoms with Crippen molar-refractivity contribution in [2.24, 2.45) is 0 Å². The highest BCUT2D eigenvalue weighted by Gasteiger charge is 2.22. The normalized spacial score (nSPS) is 14.0. The molecule has 3 aromatic rings. The zero-order valence-electron chi connectivity index (χ0n) is 17.2. The lowest BCUT2D eigenvalue weighted by Crippen LogP contribution is -2.35. The molecule has 1 aliphatic rings. The van der Waals surface area contributed by atoms with E-state index in [1.165, 1.54) is 11.3 Å². The Morgan fingerprint density at radius 3 is 2.60 bits per heavy atom. The molecule has 0 saturated carbocycles. The van der Waals surface area contributed by atoms with E-state index in [4.69, 9.17) is 4.74 Å². The number of hydrogen-bond donors (Lipinski definition) is 2. The van der Waals surface area contributed by atoms with E-state index in [9.17, 15) is 9.59 Å². The van der Waals surface area contributed by atoms with Gasteiger partial charge in [-0.1, -0.05) is 30.3 Å². The predicted molar refractivity (Wildman–Crippen MR) is 120 cm³/mol. The number of amides is 1. The first kappa shape index (κ1) is 20.4. The molecule has 1 amide bonds. The maximum atomic E-state index is 12.9. The third-order valence-corrected chi connectivity index (χ3v) is 6.43. The van der Waals surface area contributed by atoms with Crippen LogP contribution in [0.15, 0.2) is 47.3 Å². The van der Waals surface area contributed by atoms with E-state index in [-0.39, 0.29) is 18.0 Å². The van der Waals surface area contributed by atoms with E-state index in [2.05, 4.69) is 27.3 Å². The van der Waals surface area contributed by atoms with Gasteiger partial charge in [0.25, 0.3) is 11.5 Å². The maximum Gasteiger partial charge on any atom is 0.261 e. The molecule has 156 valence electrons. The molecule has 2 N–H and O–H groups in total. The number of benzene rings is 1. The van der Waals surface area contributed by atoms with Gasteiger partial charge >= 0.3 is 0 Å². The molecule has 0 bridgehead atoms. The van der Waals surface area contributed by atoms with Crippen LogP contribution in [0.2, 0.25) is 0 Å². The fourth-order valence-electron chi connectivity index (χ4n) is 3.68. The first-order valence-electron chi connectivity index (χ1n) is 10.0. The average Bonchev–Trinajstić information content (AvgIpc) is 3.20. The molecule has 0 spiro atoms. The molecule has 0 radical (unpaired) electrons. The second-order valence-corrected chi connectivity index (χ2v) is 8.45. The minimum Gasteiger partial charge on any atom is -0.378 e. The summed E-state index contributed by atoms with van der Waals surface area (Å²) < 4.78 is 5.49. The number of nitrogens with zero attached hydrogens (tertiary/aromatic N) is 1. The summed E-state index contributed by atoms with van der Waals surface area (Å²) in [6.45, 7) is 6.91. The summed E-state index contributed by atoms with van der Waals surface area (Å²) in [5, 5.41) is 4.00. The van der Waals surface area contributed by atoms with Crippen LogP contribution in [0.1, 0.15) is 26.5 Å². The summed E-state index contributed by atoms with van der Waals surface area (Å²) in [4.78, 5) is 30.9. The Morgan fingerprint density at radius 1 is 1.17 bits per heavy atom. The standard InChI is InChI=1S/C23H25N3O3S/c1-15-12-16(2)25-21(27)19(15)14-24-22(28)20-13-18(17-6-4-3-5-7-17)23(30-20)26-8-10-29-11-9-26/h3-7,12-13H,8-11,14H2,1-2H3,(H,24,28)(H,25,27). The Balaban J connectivity index is 1.60. The van der Waals surface area contributed by atoms with Crippen molar-refractivity contribution in [2.75, 3.05) is 31.2 Å². The molecule has 0 atom stereocenters. The fraction of sp³-hybridized carbons (Fsp3) is 0.304. The van der Waals surface area contributed by atoms with Gasteiger partial charge < -0.3 is 19.9 Å². The Hall–Kier alpha value is -2.90. The van der Waals surface area contributed by atoms with Crippen molar-refractivity contribution in [1.29, 1.82) is 0 Å². The molecule has 7 heteroatoms. The number of morpholine rings is 1. The van der Waals surface area contributed by atoms with Crippen LogP contribution in [0.5, 0.6) is 0 Å². The lowest BCUT2D eigenvalue weighted by atomic mass is 10.1. The number of carbonyl (C=O) groups excluding carboxylic acids is 1. The van der Waals surface area contributed by atoms with Crippen molar-refractivity contribution in [1.82, 2.24) is 10.3 Å². The van der Waals surface area contributed by atoms with Gasteiger partial charge in [0.05, 0.1) is 23.1 Å². The van der Waals surface area contributed by atoms with Gasteiger partial charge in [0.15, 0.2) is 0 Å². The molecule has 1 saturated heterocycles. The van der Waals surface area contributed by atoms with Crippen molar-refractivity contribution >= 4 is 22.2 Å². The van der Waals surface area contributed by atoms with Crippen LogP contribution in [0.4, 0.5) is 5.00 Å². The van der Waals surface area contributed by atoms with E-state index in [1.54, 1.807) is 0 Å². The lowest BCUT2D eigenvalue weighted by Gasteiger charge is -2.28. The minimum atomic E-state index is -0.170. The van der Waals surface area contributed by atoms with E-state index < -0.39 is 0 Å². The van der Waals surface area contributed by atoms with E-state index >= 15 is 0 Å². The van der Waals surface area contributed by atoms with E-state index in [0.29, 0.717) is 23.7 Å². The SMILES string of the molecule is Cc1cc(C)c(CNC(=O)c2cc(-c3ccccc3)c(N3CCOCC3)s2)c(=O)[nH]1. The number of hydrogen-bond acceptors (Lipinski definition) is 5. The monoisotopic (exact) mass is 423 g/mol. The minimum absolute atomic E-state index is 0.155. The van der Waals surface area contributed by atoms with Crippen molar-refractivity contribution in [3.8, 4) is 11.1 Å². The number of rotatable bonds is 5. The zero-order chi connectivity index (χ0) is 21.1. The summed E-state index contributed by atoms with van der Waals surface area (Å²) in [5.74, 6) is -0.170. The number of nitrogens with one attached hydrogen (secondary N) is 2. The van der Waals surface area contributed by atoms with Crippen molar-refractivity contribution in [3.05, 3.63) is 74.5 Å². The Labute approximate surface area is 179 Å². The Kier molecular flexibility index (Phi) is 6.01. The molecule has 0 unspecified atom stereocenters.